The number of nitrogens with one attached hydrogen (secondary N) is 1. The number of nitro groups is 1. The Bertz CT molecular complexity index is 510. The van der Waals surface area contributed by atoms with Gasteiger partial charge in [-0.1, -0.05) is 32.8 Å². The standard InChI is InChI=1S/C14H23N2O5P/c1-3-5-10-20-22(19,21-11-6-4-2)15-13-8-7-9-14(12-13)16(17)18/h7-9,12H,3-6,10-11H2,1-2H3,(H,15,19). The minimum atomic E-state index is -3.52. The maximum absolute atomic E-state index is 12.7. The highest BCUT2D eigenvalue weighted by atomic mass is 31.2. The van der Waals surface area contributed by atoms with Crippen LogP contribution >= 0.6 is 7.75 Å². The van der Waals surface area contributed by atoms with E-state index in [0.29, 0.717) is 18.9 Å². The van der Waals surface area contributed by atoms with Crippen LogP contribution in [-0.2, 0) is 13.6 Å². The van der Waals surface area contributed by atoms with Crippen molar-refractivity contribution in [3.63, 3.8) is 0 Å². The Hall–Kier alpha value is -1.43. The van der Waals surface area contributed by atoms with E-state index in [-0.39, 0.29) is 5.69 Å². The van der Waals surface area contributed by atoms with Crippen molar-refractivity contribution < 1.29 is 18.5 Å². The third kappa shape index (κ3) is 6.56. The van der Waals surface area contributed by atoms with Crippen LogP contribution in [-0.4, -0.2) is 18.1 Å². The van der Waals surface area contributed by atoms with E-state index < -0.39 is 12.7 Å². The van der Waals surface area contributed by atoms with E-state index >= 15 is 0 Å². The van der Waals surface area contributed by atoms with Crippen LogP contribution in [0.2, 0.25) is 0 Å². The quantitative estimate of drug-likeness (QED) is 0.272. The van der Waals surface area contributed by atoms with E-state index in [1.54, 1.807) is 6.07 Å². The molecule has 0 amide bonds. The fraction of sp³-hybridized carbons (Fsp3) is 0.571. The van der Waals surface area contributed by atoms with Gasteiger partial charge in [-0.15, -0.1) is 0 Å². The number of unbranched alkanes of at least 4 members (excludes halogenated alkanes) is 2. The lowest BCUT2D eigenvalue weighted by Crippen LogP contribution is -2.07. The van der Waals surface area contributed by atoms with Crippen molar-refractivity contribution in [3.8, 4) is 0 Å². The van der Waals surface area contributed by atoms with E-state index in [9.17, 15) is 14.7 Å². The first-order chi connectivity index (χ1) is 10.5. The number of nitrogens with zero attached hydrogens (tertiary/aromatic N) is 1. The molecule has 1 rings (SSSR count). The molecule has 1 N–H and O–H groups in total. The molecule has 1 aromatic rings. The molecule has 0 aliphatic carbocycles. The molecule has 0 saturated heterocycles. The summed E-state index contributed by atoms with van der Waals surface area (Å²) in [6.07, 6.45) is 3.34. The number of hydrogen-bond acceptors (Lipinski definition) is 5. The SMILES string of the molecule is CCCCOP(=O)(Nc1cccc([N+](=O)[O-])c1)OCCCC. The Morgan fingerprint density at radius 2 is 1.77 bits per heavy atom. The Morgan fingerprint density at radius 3 is 2.27 bits per heavy atom. The molecule has 0 radical (unpaired) electrons. The van der Waals surface area contributed by atoms with Gasteiger partial charge in [0.2, 0.25) is 0 Å². The third-order valence-electron chi connectivity index (χ3n) is 2.84. The Balaban J connectivity index is 2.79. The summed E-state index contributed by atoms with van der Waals surface area (Å²) in [5.41, 5.74) is 0.254. The van der Waals surface area contributed by atoms with Gasteiger partial charge in [-0.25, -0.2) is 4.57 Å². The topological polar surface area (TPSA) is 90.7 Å². The molecule has 7 nitrogen and oxygen atoms in total. The minimum Gasteiger partial charge on any atom is -0.293 e. The van der Waals surface area contributed by atoms with Crippen LogP contribution in [0.1, 0.15) is 39.5 Å². The highest BCUT2D eigenvalue weighted by Gasteiger charge is 2.25. The predicted molar refractivity (Wildman–Crippen MR) is 86.0 cm³/mol. The van der Waals surface area contributed by atoms with Gasteiger partial charge in [-0.3, -0.25) is 24.2 Å². The van der Waals surface area contributed by atoms with Crippen molar-refractivity contribution in [3.05, 3.63) is 34.4 Å². The molecule has 0 saturated carbocycles. The summed E-state index contributed by atoms with van der Waals surface area (Å²) in [5.74, 6) is 0. The van der Waals surface area contributed by atoms with Crippen molar-refractivity contribution in [2.24, 2.45) is 0 Å². The molecule has 0 atom stereocenters. The van der Waals surface area contributed by atoms with Gasteiger partial charge in [0.1, 0.15) is 0 Å². The van der Waals surface area contributed by atoms with Gasteiger partial charge in [0.25, 0.3) is 5.69 Å². The summed E-state index contributed by atoms with van der Waals surface area (Å²) in [5, 5.41) is 13.5. The average Bonchev–Trinajstić information content (AvgIpc) is 2.48. The van der Waals surface area contributed by atoms with E-state index in [1.165, 1.54) is 18.2 Å². The molecule has 0 aliphatic heterocycles. The van der Waals surface area contributed by atoms with E-state index in [4.69, 9.17) is 9.05 Å². The molecule has 0 heterocycles. The summed E-state index contributed by atoms with van der Waals surface area (Å²) in [4.78, 5) is 10.3. The zero-order chi connectivity index (χ0) is 16.4. The third-order valence-corrected chi connectivity index (χ3v) is 4.42. The average molecular weight is 330 g/mol. The minimum absolute atomic E-state index is 0.0846. The number of nitro benzene ring substituents is 1. The van der Waals surface area contributed by atoms with Gasteiger partial charge in [0, 0.05) is 12.1 Å². The van der Waals surface area contributed by atoms with Crippen LogP contribution in [0.5, 0.6) is 0 Å². The summed E-state index contributed by atoms with van der Waals surface area (Å²) >= 11 is 0. The lowest BCUT2D eigenvalue weighted by molar-refractivity contribution is -0.384. The lowest BCUT2D eigenvalue weighted by atomic mass is 10.3. The predicted octanol–water partition coefficient (Wildman–Crippen LogP) is 4.75. The molecule has 0 unspecified atom stereocenters. The van der Waals surface area contributed by atoms with Crippen molar-refractivity contribution in [1.29, 1.82) is 0 Å². The van der Waals surface area contributed by atoms with Crippen molar-refractivity contribution in [2.75, 3.05) is 18.3 Å². The highest BCUT2D eigenvalue weighted by Crippen LogP contribution is 2.48. The molecule has 1 aromatic carbocycles. The molecular weight excluding hydrogens is 307 g/mol. The summed E-state index contributed by atoms with van der Waals surface area (Å²) < 4.78 is 23.4. The monoisotopic (exact) mass is 330 g/mol. The van der Waals surface area contributed by atoms with Crippen LogP contribution in [0, 0.1) is 10.1 Å². The molecule has 0 bridgehead atoms. The Morgan fingerprint density at radius 1 is 1.18 bits per heavy atom. The number of hydrogen-bond donors (Lipinski definition) is 1. The molecule has 0 fully saturated rings. The van der Waals surface area contributed by atoms with Crippen LogP contribution in [0.3, 0.4) is 0 Å². The van der Waals surface area contributed by atoms with E-state index in [1.807, 2.05) is 13.8 Å². The van der Waals surface area contributed by atoms with Gasteiger partial charge in [0.15, 0.2) is 0 Å². The second-order valence-corrected chi connectivity index (χ2v) is 6.53. The normalized spacial score (nSPS) is 11.4. The largest absolute Gasteiger partial charge is 0.432 e. The fourth-order valence-electron chi connectivity index (χ4n) is 1.61. The fourth-order valence-corrected chi connectivity index (χ4v) is 3.00. The van der Waals surface area contributed by atoms with Crippen LogP contribution in [0.4, 0.5) is 11.4 Å². The zero-order valence-corrected chi connectivity index (χ0v) is 13.9. The van der Waals surface area contributed by atoms with Gasteiger partial charge < -0.3 is 0 Å². The maximum Gasteiger partial charge on any atom is 0.432 e. The maximum atomic E-state index is 12.7. The van der Waals surface area contributed by atoms with Gasteiger partial charge in [-0.2, -0.15) is 0 Å². The first-order valence-corrected chi connectivity index (χ1v) is 8.97. The van der Waals surface area contributed by atoms with Gasteiger partial charge in [0.05, 0.1) is 23.8 Å². The summed E-state index contributed by atoms with van der Waals surface area (Å²) in [7, 11) is -3.52. The molecule has 8 heteroatoms. The first-order valence-electron chi connectivity index (χ1n) is 7.42. The van der Waals surface area contributed by atoms with Gasteiger partial charge >= 0.3 is 7.75 Å². The molecule has 22 heavy (non-hydrogen) atoms. The van der Waals surface area contributed by atoms with E-state index in [0.717, 1.165) is 25.7 Å². The van der Waals surface area contributed by atoms with Crippen LogP contribution in [0.15, 0.2) is 24.3 Å². The summed E-state index contributed by atoms with van der Waals surface area (Å²) in [6, 6.07) is 5.78. The van der Waals surface area contributed by atoms with Gasteiger partial charge in [-0.05, 0) is 18.9 Å². The molecule has 124 valence electrons. The second-order valence-electron chi connectivity index (χ2n) is 4.79. The van der Waals surface area contributed by atoms with Crippen molar-refractivity contribution >= 4 is 19.1 Å². The van der Waals surface area contributed by atoms with Crippen molar-refractivity contribution in [1.82, 2.24) is 0 Å². The number of anilines is 1. The lowest BCUT2D eigenvalue weighted by Gasteiger charge is -2.20. The molecule has 0 spiro atoms. The number of non-ortho nitro benzene ring substituents is 1. The Kier molecular flexibility index (Phi) is 8.09. The number of rotatable bonds is 11. The van der Waals surface area contributed by atoms with Crippen LogP contribution < -0.4 is 5.09 Å². The first kappa shape index (κ1) is 18.6. The smallest absolute Gasteiger partial charge is 0.293 e. The molecular formula is C14H23N2O5P. The van der Waals surface area contributed by atoms with Crippen molar-refractivity contribution in [2.45, 2.75) is 39.5 Å². The highest BCUT2D eigenvalue weighted by molar-refractivity contribution is 7.55. The number of benzene rings is 1. The van der Waals surface area contributed by atoms with E-state index in [2.05, 4.69) is 5.09 Å². The van der Waals surface area contributed by atoms with Crippen LogP contribution in [0.25, 0.3) is 0 Å². The summed E-state index contributed by atoms with van der Waals surface area (Å²) in [6.45, 7) is 4.62. The zero-order valence-electron chi connectivity index (χ0n) is 13.0. The second kappa shape index (κ2) is 9.56. The molecule has 0 aliphatic rings. The molecule has 0 aromatic heterocycles. The Labute approximate surface area is 130 Å².